The van der Waals surface area contributed by atoms with Crippen LogP contribution in [0.25, 0.3) is 11.0 Å². The third kappa shape index (κ3) is 6.36. The van der Waals surface area contributed by atoms with Crippen molar-refractivity contribution >= 4 is 59.3 Å². The summed E-state index contributed by atoms with van der Waals surface area (Å²) >= 11 is 5.89. The number of carbonyl (C=O) groups is 1. The third-order valence-corrected chi connectivity index (χ3v) is 4.23. The zero-order chi connectivity index (χ0) is 17.8. The summed E-state index contributed by atoms with van der Waals surface area (Å²) in [5.41, 5.74) is 2.45. The van der Waals surface area contributed by atoms with Gasteiger partial charge in [-0.05, 0) is 63.5 Å². The van der Waals surface area contributed by atoms with E-state index >= 15 is 0 Å². The van der Waals surface area contributed by atoms with Crippen molar-refractivity contribution in [2.24, 2.45) is 0 Å². The number of fused-ring (bicyclic) bond motifs is 1. The summed E-state index contributed by atoms with van der Waals surface area (Å²) in [5.74, 6) is 0.376. The van der Waals surface area contributed by atoms with Crippen LogP contribution in [0.1, 0.15) is 16.8 Å². The average molecular weight is 448 g/mol. The molecule has 154 valence electrons. The van der Waals surface area contributed by atoms with Gasteiger partial charge in [0.05, 0.1) is 11.0 Å². The van der Waals surface area contributed by atoms with Crippen molar-refractivity contribution in [1.82, 2.24) is 14.5 Å². The van der Waals surface area contributed by atoms with Crippen LogP contribution in [-0.4, -0.2) is 46.5 Å². The SMILES string of the molecule is CN(C)CCCn1c(NC(=O)c2ccc(Cl)cc2)nc2ccccc21.Cl.Cl.O. The van der Waals surface area contributed by atoms with Crippen LogP contribution >= 0.6 is 36.4 Å². The van der Waals surface area contributed by atoms with Gasteiger partial charge in [0, 0.05) is 17.1 Å². The number of hydrogen-bond donors (Lipinski definition) is 1. The molecule has 6 nitrogen and oxygen atoms in total. The van der Waals surface area contributed by atoms with Crippen LogP contribution in [0.2, 0.25) is 5.02 Å². The highest BCUT2D eigenvalue weighted by Crippen LogP contribution is 2.21. The molecule has 3 rings (SSSR count). The Hall–Kier alpha value is -1.83. The average Bonchev–Trinajstić information content (AvgIpc) is 2.92. The van der Waals surface area contributed by atoms with Gasteiger partial charge in [-0.3, -0.25) is 10.1 Å². The lowest BCUT2D eigenvalue weighted by atomic mass is 10.2. The van der Waals surface area contributed by atoms with Crippen molar-refractivity contribution in [3.63, 3.8) is 0 Å². The molecule has 28 heavy (non-hydrogen) atoms. The molecule has 0 atom stereocenters. The van der Waals surface area contributed by atoms with Gasteiger partial charge in [0.15, 0.2) is 0 Å². The quantitative estimate of drug-likeness (QED) is 0.622. The maximum Gasteiger partial charge on any atom is 0.257 e. The lowest BCUT2D eigenvalue weighted by Crippen LogP contribution is -2.18. The minimum absolute atomic E-state index is 0. The summed E-state index contributed by atoms with van der Waals surface area (Å²) < 4.78 is 2.06. The summed E-state index contributed by atoms with van der Waals surface area (Å²) in [6, 6.07) is 14.7. The van der Waals surface area contributed by atoms with E-state index in [2.05, 4.69) is 33.9 Å². The number of amides is 1. The highest BCUT2D eigenvalue weighted by molar-refractivity contribution is 6.30. The van der Waals surface area contributed by atoms with E-state index in [1.807, 2.05) is 24.3 Å². The smallest absolute Gasteiger partial charge is 0.257 e. The Labute approximate surface area is 182 Å². The van der Waals surface area contributed by atoms with E-state index < -0.39 is 0 Å². The van der Waals surface area contributed by atoms with Gasteiger partial charge in [0.2, 0.25) is 5.95 Å². The summed E-state index contributed by atoms with van der Waals surface area (Å²) in [5, 5.41) is 3.53. The fourth-order valence-corrected chi connectivity index (χ4v) is 2.84. The zero-order valence-corrected chi connectivity index (χ0v) is 18.1. The van der Waals surface area contributed by atoms with Crippen molar-refractivity contribution in [3.8, 4) is 0 Å². The lowest BCUT2D eigenvalue weighted by molar-refractivity contribution is 0.102. The number of benzene rings is 2. The van der Waals surface area contributed by atoms with Gasteiger partial charge < -0.3 is 14.9 Å². The van der Waals surface area contributed by atoms with E-state index in [1.54, 1.807) is 24.3 Å². The monoisotopic (exact) mass is 446 g/mol. The number of rotatable bonds is 6. The second-order valence-electron chi connectivity index (χ2n) is 6.19. The molecule has 2 aromatic carbocycles. The number of aromatic nitrogens is 2. The molecule has 0 aliphatic heterocycles. The predicted octanol–water partition coefficient (Wildman–Crippen LogP) is 3.91. The second-order valence-corrected chi connectivity index (χ2v) is 6.63. The molecule has 0 saturated heterocycles. The maximum absolute atomic E-state index is 12.5. The fourth-order valence-electron chi connectivity index (χ4n) is 2.72. The third-order valence-electron chi connectivity index (χ3n) is 3.97. The van der Waals surface area contributed by atoms with Crippen molar-refractivity contribution in [2.75, 3.05) is 26.0 Å². The number of anilines is 1. The summed E-state index contributed by atoms with van der Waals surface area (Å²) in [7, 11) is 4.10. The molecule has 0 aliphatic rings. The Morgan fingerprint density at radius 2 is 1.75 bits per heavy atom. The van der Waals surface area contributed by atoms with Gasteiger partial charge >= 0.3 is 0 Å². The van der Waals surface area contributed by atoms with Crippen LogP contribution in [0.3, 0.4) is 0 Å². The number of hydrogen-bond acceptors (Lipinski definition) is 3. The first-order chi connectivity index (χ1) is 12.0. The first-order valence-electron chi connectivity index (χ1n) is 8.21. The Bertz CT molecular complexity index is 883. The molecule has 1 amide bonds. The largest absolute Gasteiger partial charge is 0.412 e. The maximum atomic E-state index is 12.5. The summed E-state index contributed by atoms with van der Waals surface area (Å²) in [4.78, 5) is 19.2. The number of imidazole rings is 1. The standard InChI is InChI=1S/C19H21ClN4O.2ClH.H2O/c1-23(2)12-5-13-24-17-7-4-3-6-16(17)21-19(24)22-18(25)14-8-10-15(20)11-9-14;;;/h3-4,6-11H,5,12-13H2,1-2H3,(H,21,22,25);2*1H;1H2. The lowest BCUT2D eigenvalue weighted by Gasteiger charge is -2.13. The van der Waals surface area contributed by atoms with Gasteiger partial charge in [0.25, 0.3) is 5.91 Å². The van der Waals surface area contributed by atoms with Gasteiger partial charge in [0.1, 0.15) is 0 Å². The molecule has 0 fully saturated rings. The van der Waals surface area contributed by atoms with Crippen molar-refractivity contribution in [2.45, 2.75) is 13.0 Å². The highest BCUT2D eigenvalue weighted by Gasteiger charge is 2.14. The van der Waals surface area contributed by atoms with Crippen LogP contribution in [0, 0.1) is 0 Å². The van der Waals surface area contributed by atoms with Gasteiger partial charge in [-0.2, -0.15) is 0 Å². The molecule has 0 unspecified atom stereocenters. The van der Waals surface area contributed by atoms with Gasteiger partial charge in [-0.15, -0.1) is 24.8 Å². The normalized spacial score (nSPS) is 10.0. The van der Waals surface area contributed by atoms with E-state index in [9.17, 15) is 4.79 Å². The molecule has 0 spiro atoms. The predicted molar refractivity (Wildman–Crippen MR) is 120 cm³/mol. The number of nitrogens with one attached hydrogen (secondary N) is 1. The number of halogens is 3. The van der Waals surface area contributed by atoms with Gasteiger partial charge in [-0.1, -0.05) is 23.7 Å². The Kier molecular flexibility index (Phi) is 11.1. The number of carbonyl (C=O) groups excluding carboxylic acids is 1. The molecular formula is C19H25Cl3N4O2. The Morgan fingerprint density at radius 3 is 2.39 bits per heavy atom. The van der Waals surface area contributed by atoms with Crippen LogP contribution < -0.4 is 5.32 Å². The van der Waals surface area contributed by atoms with Crippen molar-refractivity contribution < 1.29 is 10.3 Å². The van der Waals surface area contributed by atoms with Crippen molar-refractivity contribution in [3.05, 3.63) is 59.1 Å². The minimum atomic E-state index is -0.194. The highest BCUT2D eigenvalue weighted by atomic mass is 35.5. The molecule has 0 radical (unpaired) electrons. The molecular weight excluding hydrogens is 423 g/mol. The van der Waals surface area contributed by atoms with E-state index in [4.69, 9.17) is 11.6 Å². The van der Waals surface area contributed by atoms with E-state index in [0.717, 1.165) is 30.5 Å². The van der Waals surface area contributed by atoms with Gasteiger partial charge in [-0.25, -0.2) is 4.98 Å². The molecule has 0 aliphatic carbocycles. The first kappa shape index (κ1) is 26.2. The Morgan fingerprint density at radius 1 is 1.11 bits per heavy atom. The van der Waals surface area contributed by atoms with E-state index in [0.29, 0.717) is 16.5 Å². The second kappa shape index (κ2) is 11.9. The molecule has 0 bridgehead atoms. The summed E-state index contributed by atoms with van der Waals surface area (Å²) in [6.07, 6.45) is 0.969. The molecule has 1 aromatic heterocycles. The summed E-state index contributed by atoms with van der Waals surface area (Å²) in [6.45, 7) is 1.76. The van der Waals surface area contributed by atoms with Crippen LogP contribution in [0.4, 0.5) is 5.95 Å². The van der Waals surface area contributed by atoms with E-state index in [1.165, 1.54) is 0 Å². The minimum Gasteiger partial charge on any atom is -0.412 e. The number of para-hydroxylation sites is 2. The topological polar surface area (TPSA) is 81.7 Å². The van der Waals surface area contributed by atoms with Crippen LogP contribution in [0.5, 0.6) is 0 Å². The van der Waals surface area contributed by atoms with E-state index in [-0.39, 0.29) is 36.2 Å². The zero-order valence-electron chi connectivity index (χ0n) is 15.7. The molecule has 0 saturated carbocycles. The Balaban J connectivity index is 0.00000243. The number of nitrogens with zero attached hydrogens (tertiary/aromatic N) is 3. The fraction of sp³-hybridized carbons (Fsp3) is 0.263. The number of aryl methyl sites for hydroxylation is 1. The van der Waals surface area contributed by atoms with Crippen LogP contribution in [-0.2, 0) is 6.54 Å². The van der Waals surface area contributed by atoms with Crippen LogP contribution in [0.15, 0.2) is 48.5 Å². The molecule has 3 N–H and O–H groups in total. The van der Waals surface area contributed by atoms with Crippen molar-refractivity contribution in [1.29, 1.82) is 0 Å². The molecule has 9 heteroatoms. The molecule has 1 heterocycles. The molecule has 3 aromatic rings. The first-order valence-corrected chi connectivity index (χ1v) is 8.59.